The van der Waals surface area contributed by atoms with Crippen LogP contribution in [0.25, 0.3) is 0 Å². The van der Waals surface area contributed by atoms with Crippen LogP contribution in [-0.4, -0.2) is 31.4 Å². The number of hydrogen-bond donors (Lipinski definition) is 1. The summed E-state index contributed by atoms with van der Waals surface area (Å²) in [5, 5.41) is 3.52. The molecule has 0 bridgehead atoms. The Kier molecular flexibility index (Phi) is 7.08. The molecule has 1 rings (SSSR count). The van der Waals surface area contributed by atoms with E-state index in [1.807, 2.05) is 31.2 Å². The fraction of sp³-hybridized carbons (Fsp3) is 0.417. The average Bonchev–Trinajstić information content (AvgIpc) is 2.34. The molecule has 1 amide bonds. The number of carbonyl (C=O) groups excluding carboxylic acids is 1. The number of ether oxygens (including phenoxy) is 1. The quantitative estimate of drug-likeness (QED) is 0.613. The van der Waals surface area contributed by atoms with Crippen LogP contribution in [0.2, 0.25) is 5.02 Å². The van der Waals surface area contributed by atoms with Crippen LogP contribution in [0.1, 0.15) is 6.92 Å². The summed E-state index contributed by atoms with van der Waals surface area (Å²) in [7, 11) is 0. The zero-order valence-electron chi connectivity index (χ0n) is 9.74. The van der Waals surface area contributed by atoms with Gasteiger partial charge in [-0.05, 0) is 31.2 Å². The molecule has 0 atom stereocenters. The lowest BCUT2D eigenvalue weighted by molar-refractivity contribution is -0.125. The molecule has 1 N–H and O–H groups in total. The molecular formula is C12H16ClNO2S. The Labute approximate surface area is 111 Å². The van der Waals surface area contributed by atoms with Gasteiger partial charge in [0, 0.05) is 28.8 Å². The van der Waals surface area contributed by atoms with E-state index in [1.54, 1.807) is 11.8 Å². The third kappa shape index (κ3) is 6.56. The molecule has 0 aliphatic carbocycles. The van der Waals surface area contributed by atoms with Crippen molar-refractivity contribution in [2.45, 2.75) is 11.8 Å². The third-order valence-electron chi connectivity index (χ3n) is 1.94. The zero-order chi connectivity index (χ0) is 12.5. The smallest absolute Gasteiger partial charge is 0.246 e. The summed E-state index contributed by atoms with van der Waals surface area (Å²) in [6.45, 7) is 3.21. The van der Waals surface area contributed by atoms with Crippen LogP contribution < -0.4 is 5.32 Å². The minimum atomic E-state index is -0.0662. The zero-order valence-corrected chi connectivity index (χ0v) is 11.3. The number of rotatable bonds is 7. The molecule has 0 aromatic heterocycles. The average molecular weight is 274 g/mol. The van der Waals surface area contributed by atoms with Gasteiger partial charge < -0.3 is 10.1 Å². The summed E-state index contributed by atoms with van der Waals surface area (Å²) >= 11 is 7.46. The van der Waals surface area contributed by atoms with Gasteiger partial charge in [-0.15, -0.1) is 11.8 Å². The summed E-state index contributed by atoms with van der Waals surface area (Å²) in [6, 6.07) is 7.65. The first-order valence-electron chi connectivity index (χ1n) is 5.45. The van der Waals surface area contributed by atoms with Gasteiger partial charge in [0.25, 0.3) is 0 Å². The summed E-state index contributed by atoms with van der Waals surface area (Å²) in [5.41, 5.74) is 0. The van der Waals surface area contributed by atoms with Crippen molar-refractivity contribution in [2.75, 3.05) is 25.5 Å². The molecule has 0 aliphatic rings. The van der Waals surface area contributed by atoms with E-state index in [0.29, 0.717) is 13.2 Å². The number of amides is 1. The first-order chi connectivity index (χ1) is 8.22. The minimum absolute atomic E-state index is 0.0662. The number of halogens is 1. The van der Waals surface area contributed by atoms with Crippen molar-refractivity contribution in [3.05, 3.63) is 29.3 Å². The predicted molar refractivity (Wildman–Crippen MR) is 71.7 cm³/mol. The van der Waals surface area contributed by atoms with Gasteiger partial charge in [0.15, 0.2) is 0 Å². The maximum atomic E-state index is 11.2. The normalized spacial score (nSPS) is 10.2. The largest absolute Gasteiger partial charge is 0.372 e. The molecule has 0 spiro atoms. The molecule has 0 aliphatic heterocycles. The maximum Gasteiger partial charge on any atom is 0.246 e. The molecule has 0 fully saturated rings. The van der Waals surface area contributed by atoms with Crippen LogP contribution in [0, 0.1) is 0 Å². The highest BCUT2D eigenvalue weighted by atomic mass is 35.5. The van der Waals surface area contributed by atoms with Crippen LogP contribution in [-0.2, 0) is 9.53 Å². The predicted octanol–water partition coefficient (Wildman–Crippen LogP) is 2.58. The van der Waals surface area contributed by atoms with E-state index in [0.717, 1.165) is 15.7 Å². The van der Waals surface area contributed by atoms with E-state index in [4.69, 9.17) is 16.3 Å². The molecule has 1 aromatic carbocycles. The number of carbonyl (C=O) groups is 1. The molecular weight excluding hydrogens is 258 g/mol. The lowest BCUT2D eigenvalue weighted by atomic mass is 10.4. The van der Waals surface area contributed by atoms with Crippen LogP contribution in [0.5, 0.6) is 0 Å². The Morgan fingerprint density at radius 2 is 2.12 bits per heavy atom. The highest BCUT2D eigenvalue weighted by molar-refractivity contribution is 7.99. The fourth-order valence-corrected chi connectivity index (χ4v) is 2.03. The molecule has 0 unspecified atom stereocenters. The molecule has 0 heterocycles. The van der Waals surface area contributed by atoms with E-state index in [-0.39, 0.29) is 12.5 Å². The Hall–Kier alpha value is -0.710. The van der Waals surface area contributed by atoms with Crippen LogP contribution >= 0.6 is 23.4 Å². The van der Waals surface area contributed by atoms with Crippen molar-refractivity contribution in [3.8, 4) is 0 Å². The second-order valence-corrected chi connectivity index (χ2v) is 4.89. The molecule has 1 aromatic rings. The van der Waals surface area contributed by atoms with Gasteiger partial charge in [0.2, 0.25) is 5.91 Å². The van der Waals surface area contributed by atoms with Crippen LogP contribution in [0.4, 0.5) is 0 Å². The molecule has 5 heteroatoms. The molecule has 0 saturated carbocycles. The summed E-state index contributed by atoms with van der Waals surface area (Å²) in [6.07, 6.45) is 0. The van der Waals surface area contributed by atoms with Gasteiger partial charge in [0.1, 0.15) is 6.61 Å². The summed E-state index contributed by atoms with van der Waals surface area (Å²) in [5.74, 6) is 0.767. The van der Waals surface area contributed by atoms with E-state index in [2.05, 4.69) is 5.32 Å². The van der Waals surface area contributed by atoms with Gasteiger partial charge in [0.05, 0.1) is 0 Å². The Morgan fingerprint density at radius 3 is 2.76 bits per heavy atom. The van der Waals surface area contributed by atoms with Gasteiger partial charge >= 0.3 is 0 Å². The first-order valence-corrected chi connectivity index (χ1v) is 6.81. The van der Waals surface area contributed by atoms with Crippen molar-refractivity contribution in [1.82, 2.24) is 5.32 Å². The Balaban J connectivity index is 2.11. The molecule has 0 saturated heterocycles. The second kappa shape index (κ2) is 8.39. The third-order valence-corrected chi connectivity index (χ3v) is 3.21. The number of nitrogens with one attached hydrogen (secondary N) is 1. The fourth-order valence-electron chi connectivity index (χ4n) is 1.14. The number of benzene rings is 1. The molecule has 3 nitrogen and oxygen atoms in total. The van der Waals surface area contributed by atoms with Gasteiger partial charge in [-0.2, -0.15) is 0 Å². The Bertz CT molecular complexity index is 343. The highest BCUT2D eigenvalue weighted by Gasteiger charge is 1.99. The summed E-state index contributed by atoms with van der Waals surface area (Å²) in [4.78, 5) is 12.3. The standard InChI is InChI=1S/C12H16ClNO2S/c1-2-16-9-12(15)14-7-8-17-11-5-3-10(13)4-6-11/h3-6H,2,7-9H2,1H3,(H,14,15). The van der Waals surface area contributed by atoms with Crippen molar-refractivity contribution >= 4 is 29.3 Å². The lowest BCUT2D eigenvalue weighted by Gasteiger charge is -2.05. The number of thioether (sulfide) groups is 1. The van der Waals surface area contributed by atoms with E-state index >= 15 is 0 Å². The number of hydrogen-bond acceptors (Lipinski definition) is 3. The van der Waals surface area contributed by atoms with Crippen molar-refractivity contribution in [1.29, 1.82) is 0 Å². The maximum absolute atomic E-state index is 11.2. The second-order valence-electron chi connectivity index (χ2n) is 3.29. The lowest BCUT2D eigenvalue weighted by Crippen LogP contribution is -2.29. The molecule has 94 valence electrons. The van der Waals surface area contributed by atoms with Gasteiger partial charge in [-0.25, -0.2) is 0 Å². The minimum Gasteiger partial charge on any atom is -0.372 e. The van der Waals surface area contributed by atoms with Gasteiger partial charge in [-0.1, -0.05) is 11.6 Å². The van der Waals surface area contributed by atoms with E-state index < -0.39 is 0 Å². The monoisotopic (exact) mass is 273 g/mol. The highest BCUT2D eigenvalue weighted by Crippen LogP contribution is 2.19. The molecule has 17 heavy (non-hydrogen) atoms. The molecule has 0 radical (unpaired) electrons. The van der Waals surface area contributed by atoms with Gasteiger partial charge in [-0.3, -0.25) is 4.79 Å². The first kappa shape index (κ1) is 14.4. The topological polar surface area (TPSA) is 38.3 Å². The SMILES string of the molecule is CCOCC(=O)NCCSc1ccc(Cl)cc1. The van der Waals surface area contributed by atoms with Crippen molar-refractivity contribution in [2.24, 2.45) is 0 Å². The van der Waals surface area contributed by atoms with Crippen LogP contribution in [0.15, 0.2) is 29.2 Å². The van der Waals surface area contributed by atoms with Crippen molar-refractivity contribution in [3.63, 3.8) is 0 Å². The summed E-state index contributed by atoms with van der Waals surface area (Å²) < 4.78 is 4.99. The van der Waals surface area contributed by atoms with Crippen LogP contribution in [0.3, 0.4) is 0 Å². The Morgan fingerprint density at radius 1 is 1.41 bits per heavy atom. The van der Waals surface area contributed by atoms with E-state index in [9.17, 15) is 4.79 Å². The van der Waals surface area contributed by atoms with E-state index in [1.165, 1.54) is 0 Å². The van der Waals surface area contributed by atoms with Crippen molar-refractivity contribution < 1.29 is 9.53 Å².